The molecular formula is C13H25NO4S. The summed E-state index contributed by atoms with van der Waals surface area (Å²) in [6.45, 7) is 5.11. The van der Waals surface area contributed by atoms with Gasteiger partial charge in [-0.1, -0.05) is 0 Å². The van der Waals surface area contributed by atoms with Gasteiger partial charge in [0.15, 0.2) is 9.84 Å². The van der Waals surface area contributed by atoms with E-state index in [0.717, 1.165) is 32.5 Å². The van der Waals surface area contributed by atoms with Crippen molar-refractivity contribution in [2.45, 2.75) is 25.9 Å². The molecule has 0 radical (unpaired) electrons. The third kappa shape index (κ3) is 3.29. The number of hydrogen-bond acceptors (Lipinski definition) is 5. The first kappa shape index (κ1) is 15.2. The molecule has 5 nitrogen and oxygen atoms in total. The van der Waals surface area contributed by atoms with Gasteiger partial charge in [-0.25, -0.2) is 8.42 Å². The Morgan fingerprint density at radius 2 is 2.26 bits per heavy atom. The molecule has 2 saturated heterocycles. The van der Waals surface area contributed by atoms with Crippen molar-refractivity contribution in [2.75, 3.05) is 44.9 Å². The molecule has 1 N–H and O–H groups in total. The molecule has 0 amide bonds. The minimum atomic E-state index is -2.84. The molecule has 0 aromatic carbocycles. The van der Waals surface area contributed by atoms with E-state index in [1.54, 1.807) is 7.11 Å². The molecule has 2 fully saturated rings. The van der Waals surface area contributed by atoms with Gasteiger partial charge in [-0.05, 0) is 25.7 Å². The van der Waals surface area contributed by atoms with Crippen molar-refractivity contribution in [3.05, 3.63) is 0 Å². The van der Waals surface area contributed by atoms with Crippen LogP contribution in [0, 0.1) is 11.3 Å². The van der Waals surface area contributed by atoms with Gasteiger partial charge in [0.2, 0.25) is 0 Å². The van der Waals surface area contributed by atoms with Gasteiger partial charge in [-0.2, -0.15) is 0 Å². The number of rotatable bonds is 6. The normalized spacial score (nSPS) is 37.8. The van der Waals surface area contributed by atoms with Crippen LogP contribution in [0.1, 0.15) is 19.8 Å². The number of sulfone groups is 1. The molecule has 0 aromatic rings. The van der Waals surface area contributed by atoms with E-state index >= 15 is 0 Å². The molecule has 0 aliphatic carbocycles. The van der Waals surface area contributed by atoms with Crippen molar-refractivity contribution in [1.82, 2.24) is 5.32 Å². The summed E-state index contributed by atoms with van der Waals surface area (Å²) in [6, 6.07) is 0. The smallest absolute Gasteiger partial charge is 0.150 e. The SMILES string of the molecule is COCCNCC1(C2CCS(=O)(=O)C2)CCOC1C. The van der Waals surface area contributed by atoms with Crippen molar-refractivity contribution in [3.8, 4) is 0 Å². The zero-order valence-corrected chi connectivity index (χ0v) is 12.7. The van der Waals surface area contributed by atoms with Crippen LogP contribution in [0.3, 0.4) is 0 Å². The summed E-state index contributed by atoms with van der Waals surface area (Å²) >= 11 is 0. The zero-order chi connectivity index (χ0) is 13.9. The number of methoxy groups -OCH3 is 1. The molecular weight excluding hydrogens is 266 g/mol. The summed E-state index contributed by atoms with van der Waals surface area (Å²) in [5.74, 6) is 0.890. The second kappa shape index (κ2) is 6.08. The van der Waals surface area contributed by atoms with E-state index in [1.807, 2.05) is 0 Å². The van der Waals surface area contributed by atoms with E-state index in [4.69, 9.17) is 9.47 Å². The Hall–Kier alpha value is -0.170. The van der Waals surface area contributed by atoms with Crippen LogP contribution in [0.25, 0.3) is 0 Å². The summed E-state index contributed by atoms with van der Waals surface area (Å²) in [7, 11) is -1.15. The maximum Gasteiger partial charge on any atom is 0.150 e. The highest BCUT2D eigenvalue weighted by molar-refractivity contribution is 7.91. The Morgan fingerprint density at radius 3 is 2.79 bits per heavy atom. The van der Waals surface area contributed by atoms with Crippen LogP contribution >= 0.6 is 0 Å². The highest BCUT2D eigenvalue weighted by Crippen LogP contribution is 2.45. The van der Waals surface area contributed by atoms with Crippen molar-refractivity contribution in [3.63, 3.8) is 0 Å². The van der Waals surface area contributed by atoms with Crippen LogP contribution in [0.4, 0.5) is 0 Å². The molecule has 0 bridgehead atoms. The molecule has 3 atom stereocenters. The first-order valence-corrected chi connectivity index (χ1v) is 8.84. The van der Waals surface area contributed by atoms with Gasteiger partial charge in [-0.3, -0.25) is 0 Å². The van der Waals surface area contributed by atoms with E-state index in [1.165, 1.54) is 0 Å². The standard InChI is InChI=1S/C13H25NO4S/c1-11-13(4-6-18-11,10-14-5-7-17-2)12-3-8-19(15,16)9-12/h11-12,14H,3-10H2,1-2H3. The second-order valence-electron chi connectivity index (χ2n) is 5.77. The Balaban J connectivity index is 2.03. The van der Waals surface area contributed by atoms with Crippen LogP contribution in [0.5, 0.6) is 0 Å². The fraction of sp³-hybridized carbons (Fsp3) is 1.00. The van der Waals surface area contributed by atoms with Gasteiger partial charge < -0.3 is 14.8 Å². The van der Waals surface area contributed by atoms with Crippen LogP contribution in [0.2, 0.25) is 0 Å². The number of ether oxygens (including phenoxy) is 2. The molecule has 2 aliphatic heterocycles. The predicted molar refractivity (Wildman–Crippen MR) is 74.0 cm³/mol. The van der Waals surface area contributed by atoms with Crippen molar-refractivity contribution in [1.29, 1.82) is 0 Å². The lowest BCUT2D eigenvalue weighted by atomic mass is 9.70. The molecule has 6 heteroatoms. The lowest BCUT2D eigenvalue weighted by molar-refractivity contribution is 0.0334. The first-order chi connectivity index (χ1) is 9.00. The van der Waals surface area contributed by atoms with E-state index < -0.39 is 9.84 Å². The van der Waals surface area contributed by atoms with Crippen LogP contribution in [-0.2, 0) is 19.3 Å². The minimum absolute atomic E-state index is 0.0304. The molecule has 0 aromatic heterocycles. The van der Waals surface area contributed by atoms with Gasteiger partial charge in [0.25, 0.3) is 0 Å². The predicted octanol–water partition coefficient (Wildman–Crippen LogP) is 0.452. The summed E-state index contributed by atoms with van der Waals surface area (Å²) in [5, 5.41) is 3.40. The molecule has 2 heterocycles. The quantitative estimate of drug-likeness (QED) is 0.720. The fourth-order valence-electron chi connectivity index (χ4n) is 3.45. The lowest BCUT2D eigenvalue weighted by Crippen LogP contribution is -2.46. The second-order valence-corrected chi connectivity index (χ2v) is 7.99. The third-order valence-corrected chi connectivity index (χ3v) is 6.50. The minimum Gasteiger partial charge on any atom is -0.383 e. The summed E-state index contributed by atoms with van der Waals surface area (Å²) in [4.78, 5) is 0. The molecule has 112 valence electrons. The van der Waals surface area contributed by atoms with Gasteiger partial charge in [-0.15, -0.1) is 0 Å². The first-order valence-electron chi connectivity index (χ1n) is 7.02. The average molecular weight is 291 g/mol. The van der Waals surface area contributed by atoms with E-state index in [0.29, 0.717) is 18.1 Å². The van der Waals surface area contributed by atoms with Gasteiger partial charge >= 0.3 is 0 Å². The number of hydrogen-bond donors (Lipinski definition) is 1. The Bertz CT molecular complexity index is 397. The Labute approximate surface area is 116 Å². The summed E-state index contributed by atoms with van der Waals surface area (Å²) in [6.07, 6.45) is 1.86. The number of nitrogens with one attached hydrogen (secondary N) is 1. The van der Waals surface area contributed by atoms with Crippen molar-refractivity contribution >= 4 is 9.84 Å². The van der Waals surface area contributed by atoms with Gasteiger partial charge in [0.05, 0.1) is 24.2 Å². The molecule has 0 saturated carbocycles. The molecule has 2 aliphatic rings. The van der Waals surface area contributed by atoms with E-state index in [9.17, 15) is 8.42 Å². The van der Waals surface area contributed by atoms with Gasteiger partial charge in [0, 0.05) is 32.2 Å². The molecule has 0 spiro atoms. The topological polar surface area (TPSA) is 64.6 Å². The average Bonchev–Trinajstić information content (AvgIpc) is 2.89. The van der Waals surface area contributed by atoms with Crippen LogP contribution in [-0.4, -0.2) is 59.4 Å². The highest BCUT2D eigenvalue weighted by Gasteiger charge is 2.50. The Morgan fingerprint density at radius 1 is 1.47 bits per heavy atom. The molecule has 19 heavy (non-hydrogen) atoms. The van der Waals surface area contributed by atoms with Crippen LogP contribution in [0.15, 0.2) is 0 Å². The molecule has 3 unspecified atom stereocenters. The maximum absolute atomic E-state index is 11.7. The summed E-state index contributed by atoms with van der Waals surface area (Å²) < 4.78 is 34.3. The maximum atomic E-state index is 11.7. The van der Waals surface area contributed by atoms with E-state index in [2.05, 4.69) is 12.2 Å². The van der Waals surface area contributed by atoms with Crippen LogP contribution < -0.4 is 5.32 Å². The lowest BCUT2D eigenvalue weighted by Gasteiger charge is -2.37. The van der Waals surface area contributed by atoms with Crippen molar-refractivity contribution in [2.24, 2.45) is 11.3 Å². The fourth-order valence-corrected chi connectivity index (χ4v) is 5.37. The van der Waals surface area contributed by atoms with E-state index in [-0.39, 0.29) is 17.4 Å². The third-order valence-electron chi connectivity index (χ3n) is 4.73. The monoisotopic (exact) mass is 291 g/mol. The Kier molecular flexibility index (Phi) is 4.87. The zero-order valence-electron chi connectivity index (χ0n) is 11.9. The van der Waals surface area contributed by atoms with Crippen molar-refractivity contribution < 1.29 is 17.9 Å². The van der Waals surface area contributed by atoms with Gasteiger partial charge in [0.1, 0.15) is 0 Å². The highest BCUT2D eigenvalue weighted by atomic mass is 32.2. The molecule has 2 rings (SSSR count). The largest absolute Gasteiger partial charge is 0.383 e. The summed E-state index contributed by atoms with van der Waals surface area (Å²) in [5.41, 5.74) is -0.0304.